The zero-order valence-corrected chi connectivity index (χ0v) is 14.9. The molecule has 9 nitrogen and oxygen atoms in total. The van der Waals surface area contributed by atoms with E-state index in [1.807, 2.05) is 6.07 Å². The number of nitrogens with two attached hydrogens (primary N) is 1. The molecule has 1 atom stereocenters. The number of carbonyl (C=O) groups excluding carboxylic acids is 1. The van der Waals surface area contributed by atoms with Crippen molar-refractivity contribution in [3.8, 4) is 5.88 Å². The Morgan fingerprint density at radius 1 is 1.39 bits per heavy atom. The minimum Gasteiger partial charge on any atom is -0.476 e. The fourth-order valence-corrected chi connectivity index (χ4v) is 3.88. The van der Waals surface area contributed by atoms with Crippen LogP contribution in [0.3, 0.4) is 0 Å². The summed E-state index contributed by atoms with van der Waals surface area (Å²) in [5, 5.41) is 6.93. The molecule has 0 aromatic carbocycles. The van der Waals surface area contributed by atoms with Gasteiger partial charge in [0.25, 0.3) is 5.91 Å². The smallest absolute Gasteiger partial charge is 0.259 e. The third-order valence-corrected chi connectivity index (χ3v) is 5.10. The van der Waals surface area contributed by atoms with E-state index in [2.05, 4.69) is 25.3 Å². The van der Waals surface area contributed by atoms with Crippen molar-refractivity contribution in [1.29, 1.82) is 0 Å². The SMILES string of the molecule is Nc1nn2ccc3nc2c1C(=O)NCCOc1ncc(F)cc1[C@H]1CCCN31. The van der Waals surface area contributed by atoms with Crippen LogP contribution in [0, 0.1) is 5.82 Å². The third kappa shape index (κ3) is 2.60. The molecule has 28 heavy (non-hydrogen) atoms. The van der Waals surface area contributed by atoms with Crippen LogP contribution in [0.5, 0.6) is 5.88 Å². The molecule has 0 radical (unpaired) electrons. The maximum absolute atomic E-state index is 14.0. The van der Waals surface area contributed by atoms with Crippen molar-refractivity contribution in [2.45, 2.75) is 18.9 Å². The van der Waals surface area contributed by atoms with Gasteiger partial charge in [-0.3, -0.25) is 4.79 Å². The molecule has 2 aliphatic heterocycles. The van der Waals surface area contributed by atoms with Crippen molar-refractivity contribution >= 4 is 23.2 Å². The van der Waals surface area contributed by atoms with Crippen LogP contribution in [0.25, 0.3) is 5.65 Å². The molecule has 0 aliphatic carbocycles. The first-order chi connectivity index (χ1) is 13.6. The zero-order valence-electron chi connectivity index (χ0n) is 14.9. The maximum Gasteiger partial charge on any atom is 0.259 e. The molecule has 1 saturated heterocycles. The lowest BCUT2D eigenvalue weighted by molar-refractivity contribution is 0.0949. The van der Waals surface area contributed by atoms with Gasteiger partial charge in [-0.1, -0.05) is 0 Å². The third-order valence-electron chi connectivity index (χ3n) is 5.10. The highest BCUT2D eigenvalue weighted by atomic mass is 19.1. The molecule has 3 aromatic heterocycles. The Balaban J connectivity index is 1.69. The van der Waals surface area contributed by atoms with Gasteiger partial charge in [-0.15, -0.1) is 5.10 Å². The quantitative estimate of drug-likeness (QED) is 0.602. The van der Waals surface area contributed by atoms with E-state index in [1.165, 1.54) is 10.6 Å². The van der Waals surface area contributed by atoms with Gasteiger partial charge in [-0.2, -0.15) is 0 Å². The van der Waals surface area contributed by atoms with Crippen molar-refractivity contribution < 1.29 is 13.9 Å². The average molecular weight is 383 g/mol. The van der Waals surface area contributed by atoms with Gasteiger partial charge in [0, 0.05) is 18.3 Å². The number of pyridine rings is 1. The monoisotopic (exact) mass is 383 g/mol. The van der Waals surface area contributed by atoms with Crippen LogP contribution >= 0.6 is 0 Å². The summed E-state index contributed by atoms with van der Waals surface area (Å²) >= 11 is 0. The summed E-state index contributed by atoms with van der Waals surface area (Å²) in [6, 6.07) is 3.15. The summed E-state index contributed by atoms with van der Waals surface area (Å²) < 4.78 is 21.2. The molecule has 1 amide bonds. The van der Waals surface area contributed by atoms with Crippen molar-refractivity contribution in [2.75, 3.05) is 30.3 Å². The second kappa shape index (κ2) is 6.32. The largest absolute Gasteiger partial charge is 0.476 e. The maximum atomic E-state index is 14.0. The van der Waals surface area contributed by atoms with Gasteiger partial charge in [0.05, 0.1) is 18.8 Å². The fraction of sp³-hybridized carbons (Fsp3) is 0.333. The molecular weight excluding hydrogens is 365 g/mol. The van der Waals surface area contributed by atoms with Crippen molar-refractivity contribution in [3.63, 3.8) is 0 Å². The summed E-state index contributed by atoms with van der Waals surface area (Å²) in [5.74, 6) is 0.364. The number of hydrogen-bond acceptors (Lipinski definition) is 7. The van der Waals surface area contributed by atoms with Crippen LogP contribution in [-0.4, -0.2) is 45.2 Å². The highest BCUT2D eigenvalue weighted by molar-refractivity contribution is 6.04. The number of halogens is 1. The highest BCUT2D eigenvalue weighted by Crippen LogP contribution is 2.39. The van der Waals surface area contributed by atoms with Crippen molar-refractivity contribution in [3.05, 3.63) is 41.5 Å². The number of nitrogens with one attached hydrogen (secondary N) is 1. The Bertz CT molecular complexity index is 1080. The lowest BCUT2D eigenvalue weighted by Gasteiger charge is -2.27. The van der Waals surface area contributed by atoms with E-state index in [0.29, 0.717) is 22.9 Å². The molecular formula is C18H18FN7O2. The normalized spacial score (nSPS) is 19.2. The summed E-state index contributed by atoms with van der Waals surface area (Å²) in [7, 11) is 0. The predicted octanol–water partition coefficient (Wildman–Crippen LogP) is 1.31. The second-order valence-electron chi connectivity index (χ2n) is 6.82. The Kier molecular flexibility index (Phi) is 3.78. The van der Waals surface area contributed by atoms with Crippen LogP contribution in [0.2, 0.25) is 0 Å². The Morgan fingerprint density at radius 3 is 3.18 bits per heavy atom. The van der Waals surface area contributed by atoms with Crippen LogP contribution in [0.1, 0.15) is 34.8 Å². The van der Waals surface area contributed by atoms with E-state index in [4.69, 9.17) is 10.5 Å². The summed E-state index contributed by atoms with van der Waals surface area (Å²) in [6.45, 7) is 1.18. The topological polar surface area (TPSA) is 111 Å². The van der Waals surface area contributed by atoms with Gasteiger partial charge >= 0.3 is 0 Å². The minimum absolute atomic E-state index is 0.114. The van der Waals surface area contributed by atoms with Crippen LogP contribution in [0.15, 0.2) is 24.5 Å². The number of nitrogen functional groups attached to an aromatic ring is 1. The first-order valence-corrected chi connectivity index (χ1v) is 9.10. The van der Waals surface area contributed by atoms with E-state index in [1.54, 1.807) is 6.20 Å². The Hall–Kier alpha value is -3.43. The lowest BCUT2D eigenvalue weighted by atomic mass is 10.1. The average Bonchev–Trinajstić information content (AvgIpc) is 3.28. The Morgan fingerprint density at radius 2 is 2.29 bits per heavy atom. The van der Waals surface area contributed by atoms with Crippen molar-refractivity contribution in [2.24, 2.45) is 0 Å². The number of amides is 1. The fourth-order valence-electron chi connectivity index (χ4n) is 3.88. The van der Waals surface area contributed by atoms with Crippen LogP contribution < -0.4 is 20.7 Å². The molecule has 10 heteroatoms. The predicted molar refractivity (Wildman–Crippen MR) is 98.7 cm³/mol. The molecule has 0 unspecified atom stereocenters. The van der Waals surface area contributed by atoms with Gasteiger partial charge in [0.1, 0.15) is 23.8 Å². The summed E-state index contributed by atoms with van der Waals surface area (Å²) in [4.78, 5) is 23.5. The van der Waals surface area contributed by atoms with Crippen LogP contribution in [0.4, 0.5) is 16.0 Å². The van der Waals surface area contributed by atoms with Gasteiger partial charge in [0.15, 0.2) is 11.5 Å². The number of nitrogens with zero attached hydrogens (tertiary/aromatic N) is 5. The number of aromatic nitrogens is 4. The molecule has 0 spiro atoms. The van der Waals surface area contributed by atoms with Gasteiger partial charge in [-0.05, 0) is 25.0 Å². The molecule has 3 N–H and O–H groups in total. The van der Waals surface area contributed by atoms with Crippen LogP contribution in [-0.2, 0) is 0 Å². The molecule has 5 rings (SSSR count). The molecule has 1 fully saturated rings. The molecule has 2 aliphatic rings. The van der Waals surface area contributed by atoms with Crippen molar-refractivity contribution in [1.82, 2.24) is 24.9 Å². The first kappa shape index (κ1) is 16.7. The summed E-state index contributed by atoms with van der Waals surface area (Å²) in [5.41, 5.74) is 7.26. The Labute approximate surface area is 159 Å². The van der Waals surface area contributed by atoms with E-state index < -0.39 is 5.82 Å². The number of fused-ring (bicyclic) bond motifs is 5. The minimum atomic E-state index is -0.416. The number of carbonyl (C=O) groups is 1. The summed E-state index contributed by atoms with van der Waals surface area (Å²) in [6.07, 6.45) is 4.60. The van der Waals surface area contributed by atoms with E-state index in [0.717, 1.165) is 25.6 Å². The van der Waals surface area contributed by atoms with E-state index >= 15 is 0 Å². The van der Waals surface area contributed by atoms with Gasteiger partial charge in [-0.25, -0.2) is 18.9 Å². The molecule has 0 saturated carbocycles. The number of hydrogen-bond donors (Lipinski definition) is 2. The number of ether oxygens (including phenoxy) is 1. The highest BCUT2D eigenvalue weighted by Gasteiger charge is 2.31. The molecule has 2 bridgehead atoms. The van der Waals surface area contributed by atoms with Gasteiger partial charge in [0.2, 0.25) is 5.88 Å². The standard InChI is InChI=1S/C18H18FN7O2/c19-10-8-11-12-2-1-5-25(12)13-3-6-26-16(23-13)14(15(20)24-26)17(27)21-4-7-28-18(11)22-9-10/h3,6,8-9,12H,1-2,4-5,7H2,(H2,20,24)(H,21,27)/t12-/m1/s1. The first-order valence-electron chi connectivity index (χ1n) is 9.10. The molecule has 5 heterocycles. The van der Waals surface area contributed by atoms with E-state index in [-0.39, 0.29) is 36.5 Å². The lowest BCUT2D eigenvalue weighted by Crippen LogP contribution is -2.29. The molecule has 3 aromatic rings. The second-order valence-corrected chi connectivity index (χ2v) is 6.82. The van der Waals surface area contributed by atoms with Gasteiger partial charge < -0.3 is 20.7 Å². The number of anilines is 2. The zero-order chi connectivity index (χ0) is 19.3. The molecule has 144 valence electrons. The number of rotatable bonds is 0. The van der Waals surface area contributed by atoms with E-state index in [9.17, 15) is 9.18 Å².